The Kier molecular flexibility index (Phi) is 6.66. The van der Waals surface area contributed by atoms with Gasteiger partial charge >= 0.3 is 11.9 Å². The van der Waals surface area contributed by atoms with E-state index in [-0.39, 0.29) is 29.4 Å². The van der Waals surface area contributed by atoms with E-state index in [0.29, 0.717) is 11.3 Å². The number of rotatable bonds is 6. The molecular formula is C20H22N2O6. The molecule has 8 heteroatoms. The Hall–Kier alpha value is -3.47. The minimum Gasteiger partial charge on any atom is -0.479 e. The van der Waals surface area contributed by atoms with E-state index < -0.39 is 24.0 Å². The molecule has 0 radical (unpaired) electrons. The van der Waals surface area contributed by atoms with E-state index >= 15 is 0 Å². The highest BCUT2D eigenvalue weighted by Gasteiger charge is 2.36. The summed E-state index contributed by atoms with van der Waals surface area (Å²) >= 11 is 0. The van der Waals surface area contributed by atoms with Crippen molar-refractivity contribution in [3.63, 3.8) is 0 Å². The van der Waals surface area contributed by atoms with Crippen molar-refractivity contribution in [1.82, 2.24) is 0 Å². The molecule has 1 aliphatic rings. The van der Waals surface area contributed by atoms with Crippen LogP contribution in [0.25, 0.3) is 0 Å². The molecule has 1 aliphatic heterocycles. The maximum atomic E-state index is 12.5. The summed E-state index contributed by atoms with van der Waals surface area (Å²) in [7, 11) is 1.28. The number of nitrogens with two attached hydrogens (primary N) is 1. The Morgan fingerprint density at radius 1 is 1.32 bits per heavy atom. The molecule has 0 aromatic heterocycles. The molecule has 0 bridgehead atoms. The van der Waals surface area contributed by atoms with E-state index in [2.05, 4.69) is 4.74 Å². The molecule has 1 heterocycles. The average molecular weight is 386 g/mol. The van der Waals surface area contributed by atoms with E-state index in [1.807, 2.05) is 6.07 Å². The highest BCUT2D eigenvalue weighted by Crippen LogP contribution is 2.40. The lowest BCUT2D eigenvalue weighted by molar-refractivity contribution is -0.148. The number of carbonyl (C=O) groups is 2. The first kappa shape index (κ1) is 20.8. The lowest BCUT2D eigenvalue weighted by Gasteiger charge is -2.27. The van der Waals surface area contributed by atoms with Crippen molar-refractivity contribution < 1.29 is 28.5 Å². The number of benzene rings is 1. The number of nitriles is 1. The van der Waals surface area contributed by atoms with Gasteiger partial charge < -0.3 is 24.7 Å². The largest absolute Gasteiger partial charge is 0.479 e. The normalized spacial score (nSPS) is 17.3. The number of carbonyl (C=O) groups excluding carboxylic acids is 2. The number of hydrogen-bond acceptors (Lipinski definition) is 8. The molecule has 0 fully saturated rings. The van der Waals surface area contributed by atoms with Crippen LogP contribution in [0, 0.1) is 11.3 Å². The molecule has 2 N–H and O–H groups in total. The van der Waals surface area contributed by atoms with Crippen LogP contribution in [0.5, 0.6) is 5.75 Å². The zero-order chi connectivity index (χ0) is 20.8. The summed E-state index contributed by atoms with van der Waals surface area (Å²) in [4.78, 5) is 24.0. The highest BCUT2D eigenvalue weighted by molar-refractivity contribution is 5.92. The van der Waals surface area contributed by atoms with E-state index in [9.17, 15) is 14.9 Å². The van der Waals surface area contributed by atoms with Gasteiger partial charge in [0.2, 0.25) is 5.88 Å². The van der Waals surface area contributed by atoms with Crippen LogP contribution in [0.1, 0.15) is 32.3 Å². The molecule has 2 rings (SSSR count). The van der Waals surface area contributed by atoms with Crippen LogP contribution in [0.15, 0.2) is 47.1 Å². The van der Waals surface area contributed by atoms with Gasteiger partial charge in [0.15, 0.2) is 6.10 Å². The minimum absolute atomic E-state index is 0.0577. The van der Waals surface area contributed by atoms with Gasteiger partial charge in [0, 0.05) is 0 Å². The van der Waals surface area contributed by atoms with Crippen molar-refractivity contribution in [3.05, 3.63) is 52.6 Å². The number of nitrogens with zero attached hydrogens (tertiary/aromatic N) is 1. The van der Waals surface area contributed by atoms with Crippen molar-refractivity contribution in [2.75, 3.05) is 13.7 Å². The molecular weight excluding hydrogens is 364 g/mol. The molecule has 148 valence electrons. The highest BCUT2D eigenvalue weighted by atomic mass is 16.6. The van der Waals surface area contributed by atoms with Crippen LogP contribution in [-0.4, -0.2) is 31.8 Å². The van der Waals surface area contributed by atoms with Gasteiger partial charge in [-0.2, -0.15) is 5.26 Å². The maximum Gasteiger partial charge on any atom is 0.346 e. The SMILES string of the molecule is CCOC(=O)C1=C(C)OC(N)=C(C#N)C1c1ccc(OC(C)C(=O)OC)cc1. The summed E-state index contributed by atoms with van der Waals surface area (Å²) in [6.45, 7) is 5.04. The first-order chi connectivity index (χ1) is 13.3. The van der Waals surface area contributed by atoms with Crippen molar-refractivity contribution in [2.24, 2.45) is 5.73 Å². The molecule has 0 amide bonds. The Balaban J connectivity index is 2.40. The Bertz CT molecular complexity index is 864. The van der Waals surface area contributed by atoms with E-state index in [4.69, 9.17) is 19.9 Å². The monoisotopic (exact) mass is 386 g/mol. The molecule has 0 aliphatic carbocycles. The van der Waals surface area contributed by atoms with Crippen LogP contribution in [0.3, 0.4) is 0 Å². The smallest absolute Gasteiger partial charge is 0.346 e. The molecule has 8 nitrogen and oxygen atoms in total. The van der Waals surface area contributed by atoms with Gasteiger partial charge in [-0.3, -0.25) is 0 Å². The fourth-order valence-electron chi connectivity index (χ4n) is 2.85. The van der Waals surface area contributed by atoms with Crippen LogP contribution in [-0.2, 0) is 23.8 Å². The van der Waals surface area contributed by atoms with E-state index in [1.54, 1.807) is 45.0 Å². The number of ether oxygens (including phenoxy) is 4. The third-order valence-electron chi connectivity index (χ3n) is 4.16. The van der Waals surface area contributed by atoms with Gasteiger partial charge in [-0.25, -0.2) is 9.59 Å². The third kappa shape index (κ3) is 4.26. The van der Waals surface area contributed by atoms with Crippen molar-refractivity contribution in [2.45, 2.75) is 32.8 Å². The lowest BCUT2D eigenvalue weighted by atomic mass is 9.83. The van der Waals surface area contributed by atoms with Crippen molar-refractivity contribution >= 4 is 11.9 Å². The van der Waals surface area contributed by atoms with Crippen LogP contribution in [0.2, 0.25) is 0 Å². The predicted octanol–water partition coefficient (Wildman–Crippen LogP) is 2.27. The summed E-state index contributed by atoms with van der Waals surface area (Å²) in [6, 6.07) is 8.65. The van der Waals surface area contributed by atoms with Gasteiger partial charge in [-0.15, -0.1) is 0 Å². The van der Waals surface area contributed by atoms with Gasteiger partial charge in [0.05, 0.1) is 25.2 Å². The Morgan fingerprint density at radius 3 is 2.50 bits per heavy atom. The average Bonchev–Trinajstić information content (AvgIpc) is 2.67. The van der Waals surface area contributed by atoms with Crippen molar-refractivity contribution in [1.29, 1.82) is 5.26 Å². The third-order valence-corrected chi connectivity index (χ3v) is 4.16. The van der Waals surface area contributed by atoms with Gasteiger partial charge in [-0.1, -0.05) is 12.1 Å². The molecule has 0 saturated heterocycles. The Morgan fingerprint density at radius 2 is 1.96 bits per heavy atom. The number of esters is 2. The summed E-state index contributed by atoms with van der Waals surface area (Å²) in [5, 5.41) is 9.55. The van der Waals surface area contributed by atoms with Crippen LogP contribution < -0.4 is 10.5 Å². The minimum atomic E-state index is -0.777. The molecule has 28 heavy (non-hydrogen) atoms. The lowest BCUT2D eigenvalue weighted by Crippen LogP contribution is -2.26. The zero-order valence-electron chi connectivity index (χ0n) is 16.1. The van der Waals surface area contributed by atoms with Crippen LogP contribution >= 0.6 is 0 Å². The van der Waals surface area contributed by atoms with E-state index in [0.717, 1.165) is 0 Å². The first-order valence-corrected chi connectivity index (χ1v) is 8.63. The summed E-state index contributed by atoms with van der Waals surface area (Å²) in [5.41, 5.74) is 6.82. The predicted molar refractivity (Wildman–Crippen MR) is 98.5 cm³/mol. The maximum absolute atomic E-state index is 12.5. The number of methoxy groups -OCH3 is 1. The Labute approximate surface area is 163 Å². The fourth-order valence-corrected chi connectivity index (χ4v) is 2.85. The number of hydrogen-bond donors (Lipinski definition) is 1. The molecule has 0 saturated carbocycles. The van der Waals surface area contributed by atoms with Gasteiger partial charge in [-0.05, 0) is 38.5 Å². The fraction of sp³-hybridized carbons (Fsp3) is 0.350. The first-order valence-electron chi connectivity index (χ1n) is 8.63. The summed E-state index contributed by atoms with van der Waals surface area (Å²) in [6.07, 6.45) is -0.777. The van der Waals surface area contributed by atoms with Crippen LogP contribution in [0.4, 0.5) is 0 Å². The summed E-state index contributed by atoms with van der Waals surface area (Å²) < 4.78 is 20.6. The van der Waals surface area contributed by atoms with Gasteiger partial charge in [0.1, 0.15) is 23.2 Å². The molecule has 1 aromatic rings. The number of allylic oxidation sites excluding steroid dienone is 2. The molecule has 2 unspecified atom stereocenters. The molecule has 1 aromatic carbocycles. The second-order valence-electron chi connectivity index (χ2n) is 5.97. The molecule has 0 spiro atoms. The van der Waals surface area contributed by atoms with E-state index in [1.165, 1.54) is 7.11 Å². The quantitative estimate of drug-likeness (QED) is 0.739. The molecule has 2 atom stereocenters. The second-order valence-corrected chi connectivity index (χ2v) is 5.97. The van der Waals surface area contributed by atoms with Crippen molar-refractivity contribution in [3.8, 4) is 11.8 Å². The summed E-state index contributed by atoms with van der Waals surface area (Å²) in [5.74, 6) is -1.16. The standard InChI is InChI=1S/C20H22N2O6/c1-5-26-20(24)16-11(2)28-18(22)15(10-21)17(16)13-6-8-14(9-7-13)27-12(3)19(23)25-4/h6-9,12,17H,5,22H2,1-4H3. The topological polar surface area (TPSA) is 121 Å². The zero-order valence-corrected chi connectivity index (χ0v) is 16.1. The van der Waals surface area contributed by atoms with Gasteiger partial charge in [0.25, 0.3) is 0 Å². The second kappa shape index (κ2) is 8.95.